The van der Waals surface area contributed by atoms with E-state index in [2.05, 4.69) is 22.2 Å². The van der Waals surface area contributed by atoms with Crippen LogP contribution in [0.4, 0.5) is 5.95 Å². The normalized spacial score (nSPS) is 23.7. The number of anilines is 1. The van der Waals surface area contributed by atoms with E-state index in [0.717, 1.165) is 5.92 Å². The molecule has 0 aliphatic heterocycles. The molecule has 0 aromatic carbocycles. The van der Waals surface area contributed by atoms with Crippen LogP contribution in [0.3, 0.4) is 0 Å². The number of aromatic nitrogens is 2. The lowest BCUT2D eigenvalue weighted by atomic mass is 9.84. The van der Waals surface area contributed by atoms with Crippen LogP contribution in [0.5, 0.6) is 5.88 Å². The first kappa shape index (κ1) is 13.1. The molecule has 1 saturated carbocycles. The second kappa shape index (κ2) is 6.57. The molecule has 0 bridgehead atoms. The first-order valence-corrected chi connectivity index (χ1v) is 7.04. The summed E-state index contributed by atoms with van der Waals surface area (Å²) in [6, 6.07) is 2.31. The maximum Gasteiger partial charge on any atom is 0.226 e. The minimum absolute atomic E-state index is 0.514. The third kappa shape index (κ3) is 3.59. The van der Waals surface area contributed by atoms with Crippen LogP contribution in [0.2, 0.25) is 0 Å². The largest absolute Gasteiger partial charge is 0.478 e. The summed E-state index contributed by atoms with van der Waals surface area (Å²) in [4.78, 5) is 8.63. The molecule has 1 fully saturated rings. The molecule has 18 heavy (non-hydrogen) atoms. The van der Waals surface area contributed by atoms with Crippen LogP contribution in [0.15, 0.2) is 12.3 Å². The minimum Gasteiger partial charge on any atom is -0.478 e. The van der Waals surface area contributed by atoms with E-state index in [9.17, 15) is 0 Å². The lowest BCUT2D eigenvalue weighted by Crippen LogP contribution is -2.27. The minimum atomic E-state index is 0.514. The zero-order valence-electron chi connectivity index (χ0n) is 11.4. The second-order valence-corrected chi connectivity index (χ2v) is 4.93. The van der Waals surface area contributed by atoms with Gasteiger partial charge < -0.3 is 10.1 Å². The van der Waals surface area contributed by atoms with Crippen molar-refractivity contribution >= 4 is 5.95 Å². The van der Waals surface area contributed by atoms with Crippen LogP contribution >= 0.6 is 0 Å². The van der Waals surface area contributed by atoms with Gasteiger partial charge >= 0.3 is 0 Å². The number of hydrogen-bond donors (Lipinski definition) is 1. The van der Waals surface area contributed by atoms with Crippen molar-refractivity contribution in [2.75, 3.05) is 11.9 Å². The summed E-state index contributed by atoms with van der Waals surface area (Å²) in [5.41, 5.74) is 0. The number of hydrogen-bond acceptors (Lipinski definition) is 4. The third-order valence-corrected chi connectivity index (χ3v) is 3.62. The molecule has 100 valence electrons. The average Bonchev–Trinajstić information content (AvgIpc) is 2.40. The summed E-state index contributed by atoms with van der Waals surface area (Å²) in [6.45, 7) is 4.87. The zero-order chi connectivity index (χ0) is 12.8. The van der Waals surface area contributed by atoms with Crippen molar-refractivity contribution in [3.05, 3.63) is 12.3 Å². The maximum absolute atomic E-state index is 5.39. The Kier molecular flexibility index (Phi) is 4.79. The van der Waals surface area contributed by atoms with Crippen LogP contribution in [0.1, 0.15) is 46.0 Å². The Morgan fingerprint density at radius 1 is 1.39 bits per heavy atom. The highest BCUT2D eigenvalue weighted by molar-refractivity contribution is 5.29. The Hall–Kier alpha value is -1.32. The molecule has 1 aromatic rings. The van der Waals surface area contributed by atoms with Gasteiger partial charge in [0, 0.05) is 18.3 Å². The predicted octanol–water partition coefficient (Wildman–Crippen LogP) is 3.26. The average molecular weight is 249 g/mol. The fraction of sp³-hybridized carbons (Fsp3) is 0.714. The molecule has 2 unspecified atom stereocenters. The Morgan fingerprint density at radius 3 is 3.06 bits per heavy atom. The molecule has 0 saturated heterocycles. The van der Waals surface area contributed by atoms with Crippen molar-refractivity contribution in [1.82, 2.24) is 9.97 Å². The Morgan fingerprint density at radius 2 is 2.28 bits per heavy atom. The van der Waals surface area contributed by atoms with Gasteiger partial charge in [-0.05, 0) is 25.7 Å². The van der Waals surface area contributed by atoms with E-state index in [-0.39, 0.29) is 0 Å². The van der Waals surface area contributed by atoms with Crippen molar-refractivity contribution < 1.29 is 4.74 Å². The number of nitrogens with zero attached hydrogens (tertiary/aromatic N) is 2. The van der Waals surface area contributed by atoms with Gasteiger partial charge in [0.2, 0.25) is 11.8 Å². The quantitative estimate of drug-likeness (QED) is 0.870. The summed E-state index contributed by atoms with van der Waals surface area (Å²) in [7, 11) is 0. The topological polar surface area (TPSA) is 47.0 Å². The van der Waals surface area contributed by atoms with Gasteiger partial charge in [0.25, 0.3) is 0 Å². The van der Waals surface area contributed by atoms with Crippen LogP contribution in [-0.2, 0) is 0 Å². The lowest BCUT2D eigenvalue weighted by molar-refractivity contribution is 0.321. The highest BCUT2D eigenvalue weighted by atomic mass is 16.5. The Labute approximate surface area is 109 Å². The summed E-state index contributed by atoms with van der Waals surface area (Å²) in [5.74, 6) is 2.20. The van der Waals surface area contributed by atoms with Gasteiger partial charge in [0.05, 0.1) is 6.61 Å². The number of nitrogens with one attached hydrogen (secondary N) is 1. The van der Waals surface area contributed by atoms with E-state index in [1.54, 1.807) is 12.3 Å². The molecule has 4 heteroatoms. The first-order valence-electron chi connectivity index (χ1n) is 7.04. The molecule has 2 rings (SSSR count). The SMILES string of the molecule is CCOc1ccnc(NC2CCCC(CC)C2)n1. The molecular formula is C14H23N3O. The molecule has 4 nitrogen and oxygen atoms in total. The summed E-state index contributed by atoms with van der Waals surface area (Å²) in [6.07, 6.45) is 8.16. The first-order chi connectivity index (χ1) is 8.81. The lowest BCUT2D eigenvalue weighted by Gasteiger charge is -2.29. The van der Waals surface area contributed by atoms with E-state index in [4.69, 9.17) is 4.74 Å². The van der Waals surface area contributed by atoms with Crippen LogP contribution < -0.4 is 10.1 Å². The predicted molar refractivity (Wildman–Crippen MR) is 72.9 cm³/mol. The number of ether oxygens (including phenoxy) is 1. The fourth-order valence-electron chi connectivity index (χ4n) is 2.62. The van der Waals surface area contributed by atoms with Gasteiger partial charge in [0.15, 0.2) is 0 Å². The zero-order valence-corrected chi connectivity index (χ0v) is 11.4. The van der Waals surface area contributed by atoms with Crippen LogP contribution in [0, 0.1) is 5.92 Å². The highest BCUT2D eigenvalue weighted by Gasteiger charge is 2.21. The fourth-order valence-corrected chi connectivity index (χ4v) is 2.62. The van der Waals surface area contributed by atoms with Crippen LogP contribution in [-0.4, -0.2) is 22.6 Å². The molecule has 1 aromatic heterocycles. The van der Waals surface area contributed by atoms with Gasteiger partial charge in [-0.25, -0.2) is 4.98 Å². The second-order valence-electron chi connectivity index (χ2n) is 4.93. The van der Waals surface area contributed by atoms with Gasteiger partial charge in [-0.2, -0.15) is 4.98 Å². The molecule has 0 spiro atoms. The molecule has 0 radical (unpaired) electrons. The van der Waals surface area contributed by atoms with E-state index in [1.807, 2.05) is 6.92 Å². The highest BCUT2D eigenvalue weighted by Crippen LogP contribution is 2.28. The van der Waals surface area contributed by atoms with Crippen LogP contribution in [0.25, 0.3) is 0 Å². The monoisotopic (exact) mass is 249 g/mol. The molecule has 1 aliphatic carbocycles. The van der Waals surface area contributed by atoms with E-state index in [0.29, 0.717) is 24.5 Å². The summed E-state index contributed by atoms with van der Waals surface area (Å²) in [5, 5.41) is 3.44. The summed E-state index contributed by atoms with van der Waals surface area (Å²) >= 11 is 0. The Balaban J connectivity index is 1.93. The maximum atomic E-state index is 5.39. The smallest absolute Gasteiger partial charge is 0.226 e. The third-order valence-electron chi connectivity index (χ3n) is 3.62. The van der Waals surface area contributed by atoms with Gasteiger partial charge in [0.1, 0.15) is 0 Å². The van der Waals surface area contributed by atoms with Gasteiger partial charge in [-0.1, -0.05) is 26.2 Å². The number of rotatable bonds is 5. The van der Waals surface area contributed by atoms with Crippen molar-refractivity contribution in [2.45, 2.75) is 52.0 Å². The van der Waals surface area contributed by atoms with E-state index < -0.39 is 0 Å². The van der Waals surface area contributed by atoms with Crippen molar-refractivity contribution in [3.8, 4) is 5.88 Å². The molecule has 1 aliphatic rings. The van der Waals surface area contributed by atoms with Crippen molar-refractivity contribution in [3.63, 3.8) is 0 Å². The summed E-state index contributed by atoms with van der Waals surface area (Å²) < 4.78 is 5.39. The molecule has 0 amide bonds. The van der Waals surface area contributed by atoms with E-state index in [1.165, 1.54) is 32.1 Å². The molecule has 1 heterocycles. The standard InChI is InChI=1S/C14H23N3O/c1-3-11-6-5-7-12(10-11)16-14-15-9-8-13(17-14)18-4-2/h8-9,11-12H,3-7,10H2,1-2H3,(H,15,16,17). The van der Waals surface area contributed by atoms with Gasteiger partial charge in [-0.3, -0.25) is 0 Å². The molecular weight excluding hydrogens is 226 g/mol. The molecule has 1 N–H and O–H groups in total. The van der Waals surface area contributed by atoms with Crippen molar-refractivity contribution in [2.24, 2.45) is 5.92 Å². The Bertz CT molecular complexity index is 370. The van der Waals surface area contributed by atoms with Crippen molar-refractivity contribution in [1.29, 1.82) is 0 Å². The van der Waals surface area contributed by atoms with Gasteiger partial charge in [-0.15, -0.1) is 0 Å². The molecule has 2 atom stereocenters. The van der Waals surface area contributed by atoms with E-state index >= 15 is 0 Å².